The third-order valence-corrected chi connectivity index (χ3v) is 4.59. The SMILES string of the molecule is C=C(CCCCCCCCC/C=C\CCCCCCCC)C(N)=O. The molecule has 0 aromatic carbocycles. The second kappa shape index (κ2) is 18.3. The van der Waals surface area contributed by atoms with Crippen LogP contribution in [0.2, 0.25) is 0 Å². The van der Waals surface area contributed by atoms with Crippen molar-refractivity contribution in [1.29, 1.82) is 0 Å². The standard InChI is InChI=1S/C22H41NO/c1-3-4-5-6-7-8-9-10-11-12-13-14-15-16-17-18-19-20-21(2)22(23)24/h10-11H,2-9,12-20H2,1H3,(H2,23,24)/b11-10-. The monoisotopic (exact) mass is 335 g/mol. The molecule has 0 atom stereocenters. The Morgan fingerprint density at radius 3 is 1.62 bits per heavy atom. The highest BCUT2D eigenvalue weighted by atomic mass is 16.1. The van der Waals surface area contributed by atoms with E-state index in [1.54, 1.807) is 0 Å². The number of rotatable bonds is 18. The van der Waals surface area contributed by atoms with Crippen LogP contribution in [0, 0.1) is 0 Å². The van der Waals surface area contributed by atoms with Gasteiger partial charge in [0.1, 0.15) is 0 Å². The maximum Gasteiger partial charge on any atom is 0.244 e. The fraction of sp³-hybridized carbons (Fsp3) is 0.773. The molecule has 2 heteroatoms. The van der Waals surface area contributed by atoms with Crippen molar-refractivity contribution in [2.45, 2.75) is 110 Å². The molecule has 0 heterocycles. The van der Waals surface area contributed by atoms with Gasteiger partial charge in [-0.25, -0.2) is 0 Å². The summed E-state index contributed by atoms with van der Waals surface area (Å²) < 4.78 is 0. The van der Waals surface area contributed by atoms with Gasteiger partial charge in [0, 0.05) is 5.57 Å². The molecule has 0 rings (SSSR count). The highest BCUT2D eigenvalue weighted by Gasteiger charge is 2.00. The van der Waals surface area contributed by atoms with Gasteiger partial charge in [0.2, 0.25) is 5.91 Å². The van der Waals surface area contributed by atoms with Crippen LogP contribution < -0.4 is 5.73 Å². The minimum atomic E-state index is -0.348. The molecule has 0 aromatic heterocycles. The number of carbonyl (C=O) groups excluding carboxylic acids is 1. The molecule has 0 unspecified atom stereocenters. The van der Waals surface area contributed by atoms with Crippen LogP contribution in [0.3, 0.4) is 0 Å². The third kappa shape index (κ3) is 17.3. The minimum Gasteiger partial charge on any atom is -0.366 e. The Hall–Kier alpha value is -1.05. The lowest BCUT2D eigenvalue weighted by molar-refractivity contribution is -0.114. The molecule has 2 N–H and O–H groups in total. The lowest BCUT2D eigenvalue weighted by Gasteiger charge is -2.02. The fourth-order valence-electron chi connectivity index (χ4n) is 2.89. The van der Waals surface area contributed by atoms with E-state index in [4.69, 9.17) is 5.73 Å². The summed E-state index contributed by atoms with van der Waals surface area (Å²) in [6.07, 6.45) is 25.2. The van der Waals surface area contributed by atoms with Crippen molar-refractivity contribution < 1.29 is 4.79 Å². The van der Waals surface area contributed by atoms with Gasteiger partial charge in [-0.05, 0) is 38.5 Å². The highest BCUT2D eigenvalue weighted by Crippen LogP contribution is 2.12. The van der Waals surface area contributed by atoms with Gasteiger partial charge < -0.3 is 5.73 Å². The summed E-state index contributed by atoms with van der Waals surface area (Å²) in [5, 5.41) is 0. The normalized spacial score (nSPS) is 11.2. The number of hydrogen-bond acceptors (Lipinski definition) is 1. The molecular formula is C22H41NO. The first kappa shape index (κ1) is 22.9. The van der Waals surface area contributed by atoms with Crippen molar-refractivity contribution in [3.8, 4) is 0 Å². The number of amides is 1. The summed E-state index contributed by atoms with van der Waals surface area (Å²) in [6.45, 7) is 5.95. The number of carbonyl (C=O) groups is 1. The van der Waals surface area contributed by atoms with E-state index in [-0.39, 0.29) is 5.91 Å². The molecule has 0 radical (unpaired) electrons. The lowest BCUT2D eigenvalue weighted by atomic mass is 10.0. The highest BCUT2D eigenvalue weighted by molar-refractivity contribution is 5.91. The molecule has 0 saturated carbocycles. The van der Waals surface area contributed by atoms with Crippen LogP contribution in [0.1, 0.15) is 110 Å². The summed E-state index contributed by atoms with van der Waals surface area (Å²) in [6, 6.07) is 0. The van der Waals surface area contributed by atoms with Gasteiger partial charge >= 0.3 is 0 Å². The van der Waals surface area contributed by atoms with Crippen LogP contribution in [0.25, 0.3) is 0 Å². The van der Waals surface area contributed by atoms with Gasteiger partial charge in [-0.3, -0.25) is 4.79 Å². The molecule has 0 aliphatic carbocycles. The number of unbranched alkanes of at least 4 members (excludes halogenated alkanes) is 13. The van der Waals surface area contributed by atoms with Gasteiger partial charge in [-0.15, -0.1) is 0 Å². The molecule has 2 nitrogen and oxygen atoms in total. The molecule has 140 valence electrons. The van der Waals surface area contributed by atoms with E-state index in [9.17, 15) is 4.79 Å². The molecule has 24 heavy (non-hydrogen) atoms. The van der Waals surface area contributed by atoms with E-state index in [2.05, 4.69) is 25.7 Å². The Morgan fingerprint density at radius 2 is 1.17 bits per heavy atom. The third-order valence-electron chi connectivity index (χ3n) is 4.59. The van der Waals surface area contributed by atoms with Gasteiger partial charge in [0.05, 0.1) is 0 Å². The van der Waals surface area contributed by atoms with E-state index in [0.29, 0.717) is 5.57 Å². The molecule has 0 spiro atoms. The van der Waals surface area contributed by atoms with Crippen molar-refractivity contribution in [2.75, 3.05) is 0 Å². The van der Waals surface area contributed by atoms with Crippen LogP contribution in [0.4, 0.5) is 0 Å². The number of hydrogen-bond donors (Lipinski definition) is 1. The number of allylic oxidation sites excluding steroid dienone is 2. The second-order valence-corrected chi connectivity index (χ2v) is 7.01. The van der Waals surface area contributed by atoms with Gasteiger partial charge in [0.15, 0.2) is 0 Å². The zero-order valence-electron chi connectivity index (χ0n) is 16.2. The summed E-state index contributed by atoms with van der Waals surface area (Å²) >= 11 is 0. The Labute approximate surface area is 151 Å². The Kier molecular flexibility index (Phi) is 17.5. The maximum absolute atomic E-state index is 10.8. The predicted octanol–water partition coefficient (Wildman–Crippen LogP) is 6.85. The van der Waals surface area contributed by atoms with Gasteiger partial charge in [-0.1, -0.05) is 89.9 Å². The van der Waals surface area contributed by atoms with Crippen LogP contribution in [0.15, 0.2) is 24.3 Å². The summed E-state index contributed by atoms with van der Waals surface area (Å²) in [5.74, 6) is -0.348. The molecule has 0 aliphatic heterocycles. The van der Waals surface area contributed by atoms with E-state index < -0.39 is 0 Å². The van der Waals surface area contributed by atoms with E-state index >= 15 is 0 Å². The van der Waals surface area contributed by atoms with Crippen molar-refractivity contribution >= 4 is 5.91 Å². The van der Waals surface area contributed by atoms with Crippen molar-refractivity contribution in [3.63, 3.8) is 0 Å². The topological polar surface area (TPSA) is 43.1 Å². The van der Waals surface area contributed by atoms with Crippen molar-refractivity contribution in [3.05, 3.63) is 24.3 Å². The average Bonchev–Trinajstić information content (AvgIpc) is 2.57. The zero-order valence-corrected chi connectivity index (χ0v) is 16.2. The first-order valence-corrected chi connectivity index (χ1v) is 10.3. The molecule has 0 aromatic rings. The van der Waals surface area contributed by atoms with Crippen LogP contribution in [-0.2, 0) is 4.79 Å². The van der Waals surface area contributed by atoms with Crippen LogP contribution in [0.5, 0.6) is 0 Å². The molecular weight excluding hydrogens is 294 g/mol. The molecule has 0 aliphatic rings. The summed E-state index contributed by atoms with van der Waals surface area (Å²) in [4.78, 5) is 10.8. The Morgan fingerprint density at radius 1 is 0.750 bits per heavy atom. The first-order valence-electron chi connectivity index (χ1n) is 10.3. The Balaban J connectivity index is 3.15. The molecule has 1 amide bonds. The minimum absolute atomic E-state index is 0.348. The number of primary amides is 1. The first-order chi connectivity index (χ1) is 11.7. The lowest BCUT2D eigenvalue weighted by Crippen LogP contribution is -2.12. The number of nitrogens with two attached hydrogens (primary N) is 1. The van der Waals surface area contributed by atoms with Gasteiger partial charge in [-0.2, -0.15) is 0 Å². The summed E-state index contributed by atoms with van der Waals surface area (Å²) in [7, 11) is 0. The summed E-state index contributed by atoms with van der Waals surface area (Å²) in [5.41, 5.74) is 5.74. The van der Waals surface area contributed by atoms with E-state index in [1.807, 2.05) is 0 Å². The second-order valence-electron chi connectivity index (χ2n) is 7.01. The van der Waals surface area contributed by atoms with E-state index in [1.165, 1.54) is 89.9 Å². The van der Waals surface area contributed by atoms with Crippen molar-refractivity contribution in [2.24, 2.45) is 5.73 Å². The fourth-order valence-corrected chi connectivity index (χ4v) is 2.89. The van der Waals surface area contributed by atoms with Gasteiger partial charge in [0.25, 0.3) is 0 Å². The van der Waals surface area contributed by atoms with E-state index in [0.717, 1.165) is 12.8 Å². The van der Waals surface area contributed by atoms with Crippen molar-refractivity contribution in [1.82, 2.24) is 0 Å². The predicted molar refractivity (Wildman–Crippen MR) is 107 cm³/mol. The average molecular weight is 336 g/mol. The Bertz CT molecular complexity index is 333. The largest absolute Gasteiger partial charge is 0.366 e. The van der Waals surface area contributed by atoms with Crippen LogP contribution in [-0.4, -0.2) is 5.91 Å². The molecule has 0 bridgehead atoms. The smallest absolute Gasteiger partial charge is 0.244 e. The quantitative estimate of drug-likeness (QED) is 0.166. The molecule has 0 saturated heterocycles. The maximum atomic E-state index is 10.8. The zero-order chi connectivity index (χ0) is 17.9. The van der Waals surface area contributed by atoms with Crippen LogP contribution >= 0.6 is 0 Å². The molecule has 0 fully saturated rings.